The van der Waals surface area contributed by atoms with E-state index in [0.29, 0.717) is 36.8 Å². The van der Waals surface area contributed by atoms with E-state index >= 15 is 0 Å². The maximum Gasteiger partial charge on any atom is 0.225 e. The van der Waals surface area contributed by atoms with Crippen LogP contribution in [0.15, 0.2) is 42.9 Å². The van der Waals surface area contributed by atoms with Crippen LogP contribution in [0.2, 0.25) is 0 Å². The van der Waals surface area contributed by atoms with Gasteiger partial charge >= 0.3 is 0 Å². The Bertz CT molecular complexity index is 1130. The molecular weight excluding hydrogens is 416 g/mol. The molecule has 1 aromatic carbocycles. The van der Waals surface area contributed by atoms with Crippen LogP contribution in [0.25, 0.3) is 11.3 Å². The number of anilines is 1. The summed E-state index contributed by atoms with van der Waals surface area (Å²) in [5.74, 6) is 2.08. The third kappa shape index (κ3) is 5.10. The van der Waals surface area contributed by atoms with E-state index < -0.39 is 0 Å². The van der Waals surface area contributed by atoms with Crippen molar-refractivity contribution in [3.63, 3.8) is 0 Å². The molecule has 5 rings (SSSR count). The maximum absolute atomic E-state index is 9.66. The van der Waals surface area contributed by atoms with Crippen LogP contribution in [0.4, 0.5) is 5.95 Å². The van der Waals surface area contributed by atoms with Crippen molar-refractivity contribution in [3.8, 4) is 23.1 Å². The number of nitrogens with zero attached hydrogens (tertiary/aromatic N) is 6. The molecule has 2 aromatic heterocycles. The van der Waals surface area contributed by atoms with Crippen molar-refractivity contribution in [2.75, 3.05) is 31.2 Å². The van der Waals surface area contributed by atoms with Gasteiger partial charge in [0.2, 0.25) is 5.95 Å². The maximum atomic E-state index is 9.66. The topological polar surface area (TPSA) is 97.1 Å². The van der Waals surface area contributed by atoms with Gasteiger partial charge < -0.3 is 14.4 Å². The molecule has 33 heavy (non-hydrogen) atoms. The molecule has 2 fully saturated rings. The summed E-state index contributed by atoms with van der Waals surface area (Å²) in [4.78, 5) is 20.4. The highest BCUT2D eigenvalue weighted by Crippen LogP contribution is 2.27. The summed E-state index contributed by atoms with van der Waals surface area (Å²) in [5.41, 5.74) is 3.09. The summed E-state index contributed by atoms with van der Waals surface area (Å²) in [6.07, 6.45) is 10.2. The van der Waals surface area contributed by atoms with E-state index in [9.17, 15) is 5.26 Å². The minimum Gasteiger partial charge on any atom is -0.489 e. The Morgan fingerprint density at radius 2 is 1.85 bits per heavy atom. The van der Waals surface area contributed by atoms with Gasteiger partial charge in [-0.2, -0.15) is 5.26 Å². The monoisotopic (exact) mass is 442 g/mol. The van der Waals surface area contributed by atoms with Crippen molar-refractivity contribution in [1.29, 1.82) is 5.26 Å². The number of hydrogen-bond acceptors (Lipinski definition) is 8. The summed E-state index contributed by atoms with van der Waals surface area (Å²) >= 11 is 0. The summed E-state index contributed by atoms with van der Waals surface area (Å²) in [6.45, 7) is 3.43. The van der Waals surface area contributed by atoms with Crippen LogP contribution < -0.4 is 9.64 Å². The number of aromatic nitrogens is 4. The second-order valence-electron chi connectivity index (χ2n) is 8.37. The second-order valence-corrected chi connectivity index (χ2v) is 8.37. The second kappa shape index (κ2) is 9.92. The van der Waals surface area contributed by atoms with Gasteiger partial charge in [-0.25, -0.2) is 19.9 Å². The Morgan fingerprint density at radius 3 is 2.61 bits per heavy atom. The van der Waals surface area contributed by atoms with Gasteiger partial charge in [0.25, 0.3) is 0 Å². The molecule has 8 heteroatoms. The van der Waals surface area contributed by atoms with E-state index in [1.807, 2.05) is 36.7 Å². The molecule has 0 N–H and O–H groups in total. The quantitative estimate of drug-likeness (QED) is 0.572. The first-order chi connectivity index (χ1) is 16.3. The largest absolute Gasteiger partial charge is 0.489 e. The fourth-order valence-corrected chi connectivity index (χ4v) is 4.20. The fraction of sp³-hybridized carbons (Fsp3) is 0.400. The molecule has 0 saturated carbocycles. The lowest BCUT2D eigenvalue weighted by atomic mass is 10.1. The summed E-state index contributed by atoms with van der Waals surface area (Å²) in [6, 6.07) is 9.74. The number of ether oxygens (including phenoxy) is 2. The molecule has 3 aromatic rings. The summed E-state index contributed by atoms with van der Waals surface area (Å²) in [5, 5.41) is 9.66. The molecule has 0 bridgehead atoms. The van der Waals surface area contributed by atoms with E-state index in [4.69, 9.17) is 14.5 Å². The van der Waals surface area contributed by atoms with Crippen molar-refractivity contribution >= 4 is 5.95 Å². The molecule has 2 aliphatic rings. The third-order valence-corrected chi connectivity index (χ3v) is 6.01. The minimum absolute atomic E-state index is 0.0847. The van der Waals surface area contributed by atoms with Crippen LogP contribution in [0, 0.1) is 11.3 Å². The zero-order chi connectivity index (χ0) is 22.5. The Labute approximate surface area is 193 Å². The lowest BCUT2D eigenvalue weighted by Crippen LogP contribution is -2.26. The van der Waals surface area contributed by atoms with E-state index in [0.717, 1.165) is 48.7 Å². The smallest absolute Gasteiger partial charge is 0.225 e. The van der Waals surface area contributed by atoms with Gasteiger partial charge in [0, 0.05) is 56.5 Å². The van der Waals surface area contributed by atoms with E-state index in [1.54, 1.807) is 6.20 Å². The molecule has 0 amide bonds. The number of rotatable bonds is 6. The van der Waals surface area contributed by atoms with Gasteiger partial charge in [-0.15, -0.1) is 0 Å². The zero-order valence-electron chi connectivity index (χ0n) is 18.5. The molecule has 8 nitrogen and oxygen atoms in total. The average Bonchev–Trinajstić information content (AvgIpc) is 3.41. The van der Waals surface area contributed by atoms with Gasteiger partial charge in [0.15, 0.2) is 0 Å². The highest BCUT2D eigenvalue weighted by molar-refractivity contribution is 5.64. The van der Waals surface area contributed by atoms with Crippen molar-refractivity contribution in [2.45, 2.75) is 38.2 Å². The summed E-state index contributed by atoms with van der Waals surface area (Å²) in [7, 11) is 0. The normalized spacial score (nSPS) is 16.5. The third-order valence-electron chi connectivity index (χ3n) is 6.01. The first kappa shape index (κ1) is 21.3. The van der Waals surface area contributed by atoms with Crippen molar-refractivity contribution in [3.05, 3.63) is 59.8 Å². The van der Waals surface area contributed by atoms with Gasteiger partial charge in [0.05, 0.1) is 24.5 Å². The predicted octanol–water partition coefficient (Wildman–Crippen LogP) is 3.55. The van der Waals surface area contributed by atoms with E-state index in [1.165, 1.54) is 12.8 Å². The van der Waals surface area contributed by atoms with E-state index in [-0.39, 0.29) is 6.10 Å². The number of nitriles is 1. The number of benzene rings is 1. The van der Waals surface area contributed by atoms with Crippen LogP contribution in [-0.4, -0.2) is 52.3 Å². The Hall–Kier alpha value is -3.57. The predicted molar refractivity (Wildman–Crippen MR) is 123 cm³/mol. The molecule has 4 heterocycles. The first-order valence-electron chi connectivity index (χ1n) is 11.5. The molecule has 0 aliphatic carbocycles. The van der Waals surface area contributed by atoms with Crippen LogP contribution in [-0.2, 0) is 11.2 Å². The molecule has 0 atom stereocenters. The van der Waals surface area contributed by atoms with Crippen molar-refractivity contribution < 1.29 is 9.47 Å². The molecule has 168 valence electrons. The standard InChI is InChI=1S/C25H26N6O2/c26-15-20-14-19(3-4-23(20)33-21-6-11-32-12-7-21)22-5-8-27-24(30-22)13-18-16-28-25(29-17-18)31-9-1-2-10-31/h3-5,8,14,16-17,21H,1-2,6-7,9-13H2. The number of hydrogen-bond donors (Lipinski definition) is 0. The minimum atomic E-state index is 0.0847. The molecule has 2 saturated heterocycles. The lowest BCUT2D eigenvalue weighted by molar-refractivity contribution is 0.0254. The molecule has 2 aliphatic heterocycles. The first-order valence-corrected chi connectivity index (χ1v) is 11.5. The molecule has 0 spiro atoms. The van der Waals surface area contributed by atoms with Crippen molar-refractivity contribution in [2.24, 2.45) is 0 Å². The molecule has 0 radical (unpaired) electrons. The lowest BCUT2D eigenvalue weighted by Gasteiger charge is -2.23. The zero-order valence-corrected chi connectivity index (χ0v) is 18.5. The fourth-order valence-electron chi connectivity index (χ4n) is 4.20. The highest BCUT2D eigenvalue weighted by Gasteiger charge is 2.18. The molecule has 0 unspecified atom stereocenters. The van der Waals surface area contributed by atoms with Crippen LogP contribution in [0.5, 0.6) is 5.75 Å². The van der Waals surface area contributed by atoms with Gasteiger partial charge in [-0.3, -0.25) is 0 Å². The Kier molecular flexibility index (Phi) is 6.40. The Balaban J connectivity index is 1.30. The van der Waals surface area contributed by atoms with Gasteiger partial charge in [0.1, 0.15) is 23.7 Å². The summed E-state index contributed by atoms with van der Waals surface area (Å²) < 4.78 is 11.4. The van der Waals surface area contributed by atoms with Gasteiger partial charge in [-0.1, -0.05) is 0 Å². The Morgan fingerprint density at radius 1 is 1.06 bits per heavy atom. The van der Waals surface area contributed by atoms with Crippen molar-refractivity contribution in [1.82, 2.24) is 19.9 Å². The van der Waals surface area contributed by atoms with Gasteiger partial charge in [-0.05, 0) is 42.7 Å². The van der Waals surface area contributed by atoms with E-state index in [2.05, 4.69) is 25.9 Å². The highest BCUT2D eigenvalue weighted by atomic mass is 16.5. The van der Waals surface area contributed by atoms with Crippen LogP contribution in [0.3, 0.4) is 0 Å². The SMILES string of the molecule is N#Cc1cc(-c2ccnc(Cc3cnc(N4CCCC4)nc3)n2)ccc1OC1CCOCC1. The average molecular weight is 443 g/mol. The van der Waals surface area contributed by atoms with Crippen LogP contribution >= 0.6 is 0 Å². The molecular formula is C25H26N6O2. The van der Waals surface area contributed by atoms with Crippen LogP contribution in [0.1, 0.15) is 42.6 Å².